The van der Waals surface area contributed by atoms with Gasteiger partial charge in [-0.25, -0.2) is 0 Å². The van der Waals surface area contributed by atoms with E-state index in [1.807, 2.05) is 6.08 Å². The van der Waals surface area contributed by atoms with Gasteiger partial charge in [0.15, 0.2) is 0 Å². The summed E-state index contributed by atoms with van der Waals surface area (Å²) < 4.78 is 11.7. The van der Waals surface area contributed by atoms with Crippen molar-refractivity contribution in [1.82, 2.24) is 0 Å². The van der Waals surface area contributed by atoms with Crippen LogP contribution < -0.4 is 0 Å². The van der Waals surface area contributed by atoms with Crippen molar-refractivity contribution < 1.29 is 19.5 Å². The van der Waals surface area contributed by atoms with Gasteiger partial charge in [0, 0.05) is 10.7 Å². The van der Waals surface area contributed by atoms with Gasteiger partial charge in [-0.05, 0) is 68.6 Å². The molecule has 0 aromatic carbocycles. The number of rotatable bonds is 1. The number of allylic oxidation sites excluding steroid dienone is 3. The number of hydrogen-bond donors (Lipinski definition) is 3. The normalized spacial score (nSPS) is 45.4. The van der Waals surface area contributed by atoms with E-state index in [1.54, 1.807) is 5.57 Å². The van der Waals surface area contributed by atoms with Gasteiger partial charge in [-0.1, -0.05) is 31.1 Å². The summed E-state index contributed by atoms with van der Waals surface area (Å²) in [5.74, 6) is 0.804. The lowest BCUT2D eigenvalue weighted by Crippen LogP contribution is -2.45. The Labute approximate surface area is 144 Å². The third-order valence-corrected chi connectivity index (χ3v) is 9.03. The van der Waals surface area contributed by atoms with Crippen molar-refractivity contribution in [3.8, 4) is 0 Å². The highest BCUT2D eigenvalue weighted by Gasteiger charge is 2.54. The van der Waals surface area contributed by atoms with E-state index >= 15 is 0 Å². The standard InChI is InChI=1S/C19H29O4P/c1-18-9-7-13(24(21,22)23)11-12(18)3-4-14-15-5-6-17(20)19(15,2)10-8-16(14)18/h11-12,16-17,20H,3-10H2,1-2H3,(H2,21,22,23)/t12?,16-,17?,18+,19+/m1/s1. The molecule has 5 heteroatoms. The molecule has 0 heterocycles. The van der Waals surface area contributed by atoms with E-state index in [9.17, 15) is 19.5 Å². The maximum absolute atomic E-state index is 11.7. The van der Waals surface area contributed by atoms with Crippen molar-refractivity contribution in [1.29, 1.82) is 0 Å². The zero-order valence-electron chi connectivity index (χ0n) is 14.7. The van der Waals surface area contributed by atoms with Gasteiger partial charge < -0.3 is 14.9 Å². The number of hydrogen-bond acceptors (Lipinski definition) is 2. The van der Waals surface area contributed by atoms with Crippen LogP contribution in [-0.2, 0) is 4.57 Å². The van der Waals surface area contributed by atoms with Crippen LogP contribution in [0.2, 0.25) is 0 Å². The van der Waals surface area contributed by atoms with Crippen molar-refractivity contribution in [3.05, 3.63) is 22.5 Å². The first-order valence-corrected chi connectivity index (χ1v) is 10.9. The van der Waals surface area contributed by atoms with Crippen LogP contribution in [0.1, 0.15) is 65.2 Å². The number of aliphatic hydroxyl groups excluding tert-OH is 1. The van der Waals surface area contributed by atoms with Gasteiger partial charge in [0.1, 0.15) is 0 Å². The van der Waals surface area contributed by atoms with E-state index in [4.69, 9.17) is 0 Å². The van der Waals surface area contributed by atoms with Crippen LogP contribution in [0.3, 0.4) is 0 Å². The van der Waals surface area contributed by atoms with Crippen LogP contribution in [-0.4, -0.2) is 21.0 Å². The summed E-state index contributed by atoms with van der Waals surface area (Å²) in [6, 6.07) is 0. The summed E-state index contributed by atoms with van der Waals surface area (Å²) in [7, 11) is -4.09. The molecule has 4 rings (SSSR count). The maximum Gasteiger partial charge on any atom is 0.351 e. The van der Waals surface area contributed by atoms with Crippen molar-refractivity contribution >= 4 is 7.60 Å². The second kappa shape index (κ2) is 5.30. The third kappa shape index (κ3) is 2.26. The van der Waals surface area contributed by atoms with Crippen molar-refractivity contribution in [2.45, 2.75) is 71.3 Å². The van der Waals surface area contributed by atoms with Crippen molar-refractivity contribution in [3.63, 3.8) is 0 Å². The van der Waals surface area contributed by atoms with E-state index in [0.29, 0.717) is 17.7 Å². The quantitative estimate of drug-likeness (QED) is 0.490. The average Bonchev–Trinajstić information content (AvgIpc) is 2.81. The Morgan fingerprint density at radius 2 is 1.83 bits per heavy atom. The fourth-order valence-electron chi connectivity index (χ4n) is 6.30. The Balaban J connectivity index is 1.72. The molecule has 4 nitrogen and oxygen atoms in total. The molecule has 0 saturated heterocycles. The third-order valence-electron chi connectivity index (χ3n) is 7.91. The first-order valence-electron chi connectivity index (χ1n) is 9.33. The lowest BCUT2D eigenvalue weighted by Gasteiger charge is -2.54. The van der Waals surface area contributed by atoms with Crippen molar-refractivity contribution in [2.24, 2.45) is 22.7 Å². The SMILES string of the molecule is C[C@]12CC[C@@H]3C(=C1CCC2O)CCC1C=C(P(=O)(O)O)CC[C@@]13C. The summed E-state index contributed by atoms with van der Waals surface area (Å²) >= 11 is 0. The summed E-state index contributed by atoms with van der Waals surface area (Å²) in [4.78, 5) is 19.1. The number of fused-ring (bicyclic) bond motifs is 4. The van der Waals surface area contributed by atoms with Crippen LogP contribution in [0, 0.1) is 22.7 Å². The molecule has 0 amide bonds. The molecular formula is C19H29O4P. The largest absolute Gasteiger partial charge is 0.392 e. The van der Waals surface area contributed by atoms with Gasteiger partial charge in [-0.3, -0.25) is 4.57 Å². The summed E-state index contributed by atoms with van der Waals surface area (Å²) in [5, 5.41) is 10.8. The molecule has 0 spiro atoms. The van der Waals surface area contributed by atoms with E-state index in [0.717, 1.165) is 44.9 Å². The molecule has 24 heavy (non-hydrogen) atoms. The fourth-order valence-corrected chi connectivity index (χ4v) is 7.08. The Hall–Kier alpha value is -0.410. The zero-order chi connectivity index (χ0) is 17.3. The van der Waals surface area contributed by atoms with Gasteiger partial charge in [-0.15, -0.1) is 0 Å². The van der Waals surface area contributed by atoms with Gasteiger partial charge >= 0.3 is 7.60 Å². The second-order valence-electron chi connectivity index (χ2n) is 8.92. The molecule has 2 saturated carbocycles. The lowest BCUT2D eigenvalue weighted by atomic mass is 9.51. The monoisotopic (exact) mass is 352 g/mol. The molecule has 5 atom stereocenters. The molecule has 4 aliphatic rings. The average molecular weight is 352 g/mol. The lowest BCUT2D eigenvalue weighted by molar-refractivity contribution is 0.0300. The fraction of sp³-hybridized carbons (Fsp3) is 0.789. The molecule has 134 valence electrons. The van der Waals surface area contributed by atoms with Gasteiger partial charge in [0.25, 0.3) is 0 Å². The molecule has 0 bridgehead atoms. The number of aliphatic hydroxyl groups is 1. The Morgan fingerprint density at radius 3 is 2.54 bits per heavy atom. The van der Waals surface area contributed by atoms with E-state index in [1.165, 1.54) is 5.57 Å². The van der Waals surface area contributed by atoms with Crippen LogP contribution in [0.25, 0.3) is 0 Å². The summed E-state index contributed by atoms with van der Waals surface area (Å²) in [5.41, 5.74) is 3.22. The molecule has 0 aromatic heterocycles. The van der Waals surface area contributed by atoms with E-state index < -0.39 is 7.60 Å². The van der Waals surface area contributed by atoms with Crippen LogP contribution in [0.15, 0.2) is 22.5 Å². The summed E-state index contributed by atoms with van der Waals surface area (Å²) in [6.07, 6.45) is 9.23. The smallest absolute Gasteiger partial charge is 0.351 e. The molecular weight excluding hydrogens is 323 g/mol. The first-order chi connectivity index (χ1) is 11.2. The molecule has 2 fully saturated rings. The van der Waals surface area contributed by atoms with Gasteiger partial charge in [0.05, 0.1) is 6.10 Å². The molecule has 3 N–H and O–H groups in total. The van der Waals surface area contributed by atoms with Crippen LogP contribution in [0.4, 0.5) is 0 Å². The molecule has 0 radical (unpaired) electrons. The van der Waals surface area contributed by atoms with Gasteiger partial charge in [0.2, 0.25) is 0 Å². The molecule has 0 aliphatic heterocycles. The minimum Gasteiger partial charge on any atom is -0.392 e. The van der Waals surface area contributed by atoms with Crippen LogP contribution in [0.5, 0.6) is 0 Å². The molecule has 4 aliphatic carbocycles. The second-order valence-corrected chi connectivity index (χ2v) is 10.6. The molecule has 0 aromatic rings. The predicted octanol–water partition coefficient (Wildman–Crippen LogP) is 4.13. The van der Waals surface area contributed by atoms with Crippen molar-refractivity contribution in [2.75, 3.05) is 0 Å². The van der Waals surface area contributed by atoms with E-state index in [-0.39, 0.29) is 22.9 Å². The Bertz CT molecular complexity index is 675. The maximum atomic E-state index is 11.7. The highest BCUT2D eigenvalue weighted by molar-refractivity contribution is 7.56. The van der Waals surface area contributed by atoms with E-state index in [2.05, 4.69) is 13.8 Å². The Kier molecular flexibility index (Phi) is 3.76. The zero-order valence-corrected chi connectivity index (χ0v) is 15.6. The first kappa shape index (κ1) is 17.0. The van der Waals surface area contributed by atoms with Crippen LogP contribution >= 0.6 is 7.60 Å². The highest BCUT2D eigenvalue weighted by Crippen LogP contribution is 2.65. The predicted molar refractivity (Wildman–Crippen MR) is 93.3 cm³/mol. The van der Waals surface area contributed by atoms with Gasteiger partial charge in [-0.2, -0.15) is 0 Å². The Morgan fingerprint density at radius 1 is 1.08 bits per heavy atom. The minimum absolute atomic E-state index is 0.0173. The molecule has 2 unspecified atom stereocenters. The topological polar surface area (TPSA) is 77.8 Å². The summed E-state index contributed by atoms with van der Waals surface area (Å²) in [6.45, 7) is 4.58. The minimum atomic E-state index is -4.09. The highest BCUT2D eigenvalue weighted by atomic mass is 31.2.